The van der Waals surface area contributed by atoms with E-state index in [1.165, 1.54) is 0 Å². The number of imidazole rings is 1. The Balaban J connectivity index is 0.975. The number of carbonyl (C=O) groups is 1. The predicted molar refractivity (Wildman–Crippen MR) is 130 cm³/mol. The lowest BCUT2D eigenvalue weighted by Gasteiger charge is -2.61. The second-order valence-corrected chi connectivity index (χ2v) is 11.5. The summed E-state index contributed by atoms with van der Waals surface area (Å²) in [6.45, 7) is 0.235. The van der Waals surface area contributed by atoms with Gasteiger partial charge in [-0.3, -0.25) is 14.4 Å². The Kier molecular flexibility index (Phi) is 5.55. The van der Waals surface area contributed by atoms with Crippen molar-refractivity contribution in [3.8, 4) is 0 Å². The Morgan fingerprint density at radius 3 is 2.74 bits per heavy atom. The van der Waals surface area contributed by atoms with Crippen molar-refractivity contribution in [1.29, 1.82) is 0 Å². The van der Waals surface area contributed by atoms with Crippen LogP contribution in [0.2, 0.25) is 0 Å². The fourth-order valence-corrected chi connectivity index (χ4v) is 6.37. The lowest BCUT2D eigenvalue weighted by Crippen LogP contribution is -2.68. The fourth-order valence-electron chi connectivity index (χ4n) is 6.37. The highest BCUT2D eigenvalue weighted by molar-refractivity contribution is 5.69. The van der Waals surface area contributed by atoms with Crippen molar-refractivity contribution in [2.45, 2.75) is 68.6 Å². The maximum absolute atomic E-state index is 15.2. The largest absolute Gasteiger partial charge is 0.443 e. The van der Waals surface area contributed by atoms with Crippen molar-refractivity contribution in [3.63, 3.8) is 0 Å². The standard InChI is InChI=1S/C25H28F4N8O2/c26-21-16(1-2-18(21)39-23(38)33-24-6-13(7-24)8-24)17-5-19(35-34-17)32-22-30-4-3-20-31-15(12-37(20)22)11-36-9-14(10-36)25(27,28)29/h3-5,12-14,16,18,21H,1-2,6-11H2,(H,33,38)(H2,30,32,34,35)/t13?,16-,18-,21+,24?/m1/s1. The third-order valence-corrected chi connectivity index (χ3v) is 8.64. The number of aromatic nitrogens is 5. The zero-order chi connectivity index (χ0) is 26.9. The normalized spacial score (nSPS) is 30.5. The van der Waals surface area contributed by atoms with Crippen molar-refractivity contribution in [2.24, 2.45) is 11.8 Å². The van der Waals surface area contributed by atoms with E-state index in [0.29, 0.717) is 48.2 Å². The molecular weight excluding hydrogens is 520 g/mol. The topological polar surface area (TPSA) is 112 Å². The maximum atomic E-state index is 15.2. The molecular formula is C25H28F4N8O2. The summed E-state index contributed by atoms with van der Waals surface area (Å²) < 4.78 is 60.7. The van der Waals surface area contributed by atoms with Gasteiger partial charge < -0.3 is 15.4 Å². The van der Waals surface area contributed by atoms with E-state index in [1.54, 1.807) is 33.8 Å². The first-order chi connectivity index (χ1) is 18.6. The molecule has 1 aliphatic heterocycles. The number of alkyl halides is 4. The summed E-state index contributed by atoms with van der Waals surface area (Å²) >= 11 is 0. The number of likely N-dealkylation sites (tertiary alicyclic amines) is 1. The first-order valence-electron chi connectivity index (χ1n) is 13.2. The molecule has 14 heteroatoms. The highest BCUT2D eigenvalue weighted by Gasteiger charge is 2.58. The number of carbonyl (C=O) groups excluding carboxylic acids is 1. The number of fused-ring (bicyclic) bond motifs is 1. The molecule has 5 fully saturated rings. The summed E-state index contributed by atoms with van der Waals surface area (Å²) in [6.07, 6.45) is 0.334. The molecule has 208 valence electrons. The van der Waals surface area contributed by atoms with Gasteiger partial charge in [0.2, 0.25) is 5.95 Å². The molecule has 5 aliphatic rings. The molecule has 1 amide bonds. The van der Waals surface area contributed by atoms with Gasteiger partial charge in [0, 0.05) is 55.2 Å². The van der Waals surface area contributed by atoms with Gasteiger partial charge in [0.25, 0.3) is 0 Å². The van der Waals surface area contributed by atoms with Crippen molar-refractivity contribution in [1.82, 2.24) is 34.8 Å². The Morgan fingerprint density at radius 2 is 2.03 bits per heavy atom. The number of amides is 1. The molecule has 1 saturated heterocycles. The lowest BCUT2D eigenvalue weighted by molar-refractivity contribution is -0.210. The lowest BCUT2D eigenvalue weighted by atomic mass is 9.50. The molecule has 3 N–H and O–H groups in total. The van der Waals surface area contributed by atoms with E-state index in [9.17, 15) is 18.0 Å². The third kappa shape index (κ3) is 4.47. The van der Waals surface area contributed by atoms with Crippen LogP contribution < -0.4 is 10.6 Å². The summed E-state index contributed by atoms with van der Waals surface area (Å²) in [6, 6.07) is 3.41. The zero-order valence-corrected chi connectivity index (χ0v) is 20.9. The van der Waals surface area contributed by atoms with E-state index in [2.05, 4.69) is 30.8 Å². The van der Waals surface area contributed by atoms with E-state index < -0.39 is 36.4 Å². The van der Waals surface area contributed by atoms with Crippen LogP contribution in [-0.4, -0.2) is 72.6 Å². The number of alkyl carbamates (subject to hydrolysis) is 1. The van der Waals surface area contributed by atoms with Gasteiger partial charge in [-0.15, -0.1) is 0 Å². The number of halogens is 4. The quantitative estimate of drug-likeness (QED) is 0.382. The first-order valence-corrected chi connectivity index (χ1v) is 13.2. The zero-order valence-electron chi connectivity index (χ0n) is 20.9. The second-order valence-electron chi connectivity index (χ2n) is 11.5. The van der Waals surface area contributed by atoms with E-state index in [1.807, 2.05) is 0 Å². The molecule has 4 heterocycles. The van der Waals surface area contributed by atoms with Gasteiger partial charge in [0.05, 0.1) is 11.6 Å². The SMILES string of the molecule is O=C(NC12CC(C1)C2)O[C@@H]1CC[C@H](c2cc(Nc3nccc4nc(CN5CC(C(F)(F)F)C5)cn34)n[nH]2)[C@@H]1F. The van der Waals surface area contributed by atoms with Gasteiger partial charge in [-0.05, 0) is 44.1 Å². The monoisotopic (exact) mass is 548 g/mol. The molecule has 4 saturated carbocycles. The fraction of sp³-hybridized carbons (Fsp3) is 0.600. The average Bonchev–Trinajstić information content (AvgIpc) is 3.51. The van der Waals surface area contributed by atoms with Crippen LogP contribution in [0, 0.1) is 11.8 Å². The molecule has 3 aromatic heterocycles. The van der Waals surface area contributed by atoms with Gasteiger partial charge in [-0.25, -0.2) is 19.2 Å². The highest BCUT2D eigenvalue weighted by Crippen LogP contribution is 2.57. The number of hydrogen-bond acceptors (Lipinski definition) is 7. The maximum Gasteiger partial charge on any atom is 0.407 e. The van der Waals surface area contributed by atoms with Crippen LogP contribution in [0.25, 0.3) is 5.65 Å². The molecule has 2 bridgehead atoms. The van der Waals surface area contributed by atoms with E-state index in [-0.39, 0.29) is 18.6 Å². The van der Waals surface area contributed by atoms with Crippen LogP contribution in [-0.2, 0) is 11.3 Å². The number of H-pyrrole nitrogens is 1. The molecule has 10 nitrogen and oxygen atoms in total. The highest BCUT2D eigenvalue weighted by atomic mass is 19.4. The number of nitrogens with zero attached hydrogens (tertiary/aromatic N) is 5. The Labute approximate surface area is 220 Å². The molecule has 0 radical (unpaired) electrons. The van der Waals surface area contributed by atoms with E-state index in [0.717, 1.165) is 25.2 Å². The Morgan fingerprint density at radius 1 is 1.23 bits per heavy atom. The minimum atomic E-state index is -4.17. The van der Waals surface area contributed by atoms with Crippen LogP contribution in [0.1, 0.15) is 49.4 Å². The summed E-state index contributed by atoms with van der Waals surface area (Å²) in [4.78, 5) is 22.8. The summed E-state index contributed by atoms with van der Waals surface area (Å²) in [5.41, 5.74) is 1.69. The molecule has 0 aromatic carbocycles. The molecule has 8 rings (SSSR count). The van der Waals surface area contributed by atoms with E-state index in [4.69, 9.17) is 4.74 Å². The van der Waals surface area contributed by atoms with Crippen molar-refractivity contribution in [3.05, 3.63) is 35.9 Å². The molecule has 39 heavy (non-hydrogen) atoms. The summed E-state index contributed by atoms with van der Waals surface area (Å²) in [5, 5.41) is 13.2. The van der Waals surface area contributed by atoms with Crippen LogP contribution in [0.5, 0.6) is 0 Å². The first kappa shape index (κ1) is 24.6. The van der Waals surface area contributed by atoms with Crippen molar-refractivity contribution in [2.75, 3.05) is 18.4 Å². The number of rotatable bonds is 7. The van der Waals surface area contributed by atoms with Crippen molar-refractivity contribution >= 4 is 23.5 Å². The van der Waals surface area contributed by atoms with Crippen LogP contribution in [0.3, 0.4) is 0 Å². The number of hydrogen-bond donors (Lipinski definition) is 3. The smallest absolute Gasteiger partial charge is 0.407 e. The van der Waals surface area contributed by atoms with E-state index >= 15 is 4.39 Å². The number of anilines is 2. The van der Waals surface area contributed by atoms with Gasteiger partial charge in [-0.2, -0.15) is 18.3 Å². The minimum absolute atomic E-state index is 0.0364. The Bertz CT molecular complexity index is 1380. The van der Waals surface area contributed by atoms with Crippen LogP contribution >= 0.6 is 0 Å². The van der Waals surface area contributed by atoms with Crippen molar-refractivity contribution < 1.29 is 27.1 Å². The van der Waals surface area contributed by atoms with Gasteiger partial charge in [0.15, 0.2) is 5.82 Å². The summed E-state index contributed by atoms with van der Waals surface area (Å²) in [7, 11) is 0. The minimum Gasteiger partial charge on any atom is -0.443 e. The van der Waals surface area contributed by atoms with Gasteiger partial charge in [-0.1, -0.05) is 0 Å². The number of ether oxygens (including phenoxy) is 1. The Hall–Kier alpha value is -3.42. The van der Waals surface area contributed by atoms with Crippen LogP contribution in [0.15, 0.2) is 24.5 Å². The molecule has 0 unspecified atom stereocenters. The van der Waals surface area contributed by atoms with Gasteiger partial charge >= 0.3 is 12.3 Å². The molecule has 3 aromatic rings. The molecule has 3 atom stereocenters. The summed E-state index contributed by atoms with van der Waals surface area (Å²) in [5.74, 6) is -0.217. The predicted octanol–water partition coefficient (Wildman–Crippen LogP) is 4.05. The number of nitrogens with one attached hydrogen (secondary N) is 3. The average molecular weight is 549 g/mol. The molecule has 4 aliphatic carbocycles. The molecule has 0 spiro atoms. The number of aromatic amines is 1. The van der Waals surface area contributed by atoms with Gasteiger partial charge in [0.1, 0.15) is 17.9 Å². The second kappa shape index (κ2) is 8.80. The third-order valence-electron chi connectivity index (χ3n) is 8.64. The van der Waals surface area contributed by atoms with Crippen LogP contribution in [0.4, 0.5) is 34.1 Å².